The molecule has 0 unspecified atom stereocenters. The second-order valence-corrected chi connectivity index (χ2v) is 10.2. The maximum Gasteiger partial charge on any atom is 0.289 e. The van der Waals surface area contributed by atoms with Gasteiger partial charge in [-0.25, -0.2) is 8.42 Å². The molecule has 9 nitrogen and oxygen atoms in total. The number of nitrogens with zero attached hydrogens (tertiary/aromatic N) is 4. The first-order valence-electron chi connectivity index (χ1n) is 9.88. The number of sulfonamides is 1. The molecule has 0 saturated heterocycles. The maximum atomic E-state index is 13.3. The zero-order valence-electron chi connectivity index (χ0n) is 17.6. The quantitative estimate of drug-likeness (QED) is 0.415. The molecule has 1 heterocycles. The van der Waals surface area contributed by atoms with Crippen molar-refractivity contribution in [3.05, 3.63) is 57.4 Å². The molecule has 11 heteroatoms. The summed E-state index contributed by atoms with van der Waals surface area (Å²) in [5, 5.41) is 11.0. The molecule has 1 saturated carbocycles. The lowest BCUT2D eigenvalue weighted by atomic mass is 10.3. The Morgan fingerprint density at radius 2 is 2.00 bits per heavy atom. The number of benzene rings is 1. The van der Waals surface area contributed by atoms with E-state index in [0.29, 0.717) is 6.54 Å². The number of nitro groups is 1. The van der Waals surface area contributed by atoms with Crippen molar-refractivity contribution in [1.82, 2.24) is 13.8 Å². The van der Waals surface area contributed by atoms with E-state index < -0.39 is 26.7 Å². The third-order valence-corrected chi connectivity index (χ3v) is 7.62. The van der Waals surface area contributed by atoms with Crippen LogP contribution in [-0.2, 0) is 28.4 Å². The van der Waals surface area contributed by atoms with Crippen LogP contribution in [0.1, 0.15) is 32.4 Å². The molecule has 3 rings (SSSR count). The second-order valence-electron chi connectivity index (χ2n) is 7.88. The molecular formula is C20H25ClN4O5S. The van der Waals surface area contributed by atoms with Gasteiger partial charge in [-0.05, 0) is 51.0 Å². The molecule has 1 aliphatic rings. The molecule has 0 radical (unpaired) electrons. The van der Waals surface area contributed by atoms with Gasteiger partial charge in [0.1, 0.15) is 5.02 Å². The summed E-state index contributed by atoms with van der Waals surface area (Å²) in [5.74, 6) is -0.301. The lowest BCUT2D eigenvalue weighted by Crippen LogP contribution is -2.46. The average Bonchev–Trinajstić information content (AvgIpc) is 3.45. The van der Waals surface area contributed by atoms with Crippen molar-refractivity contribution in [2.75, 3.05) is 6.54 Å². The van der Waals surface area contributed by atoms with Gasteiger partial charge in [-0.3, -0.25) is 14.9 Å². The van der Waals surface area contributed by atoms with Crippen LogP contribution < -0.4 is 0 Å². The summed E-state index contributed by atoms with van der Waals surface area (Å²) in [5.41, 5.74) is 0.452. The smallest absolute Gasteiger partial charge is 0.289 e. The molecule has 2 aromatic rings. The minimum absolute atomic E-state index is 0.0933. The monoisotopic (exact) mass is 468 g/mol. The van der Waals surface area contributed by atoms with Crippen LogP contribution in [0.4, 0.5) is 5.69 Å². The molecule has 1 aromatic carbocycles. The Kier molecular flexibility index (Phi) is 6.73. The minimum atomic E-state index is -4.16. The van der Waals surface area contributed by atoms with Gasteiger partial charge < -0.3 is 9.47 Å². The standard InChI is InChI=1S/C20H25ClN4O5S/c1-14(2)24(31(29,30)17-8-9-18(21)19(11-17)25(27)28)13-20(26)23(15-6-7-15)12-16-5-4-10-22(16)3/h4-5,8-11,14-15H,6-7,12-13H2,1-3H3. The summed E-state index contributed by atoms with van der Waals surface area (Å²) in [6.45, 7) is 3.37. The predicted molar refractivity (Wildman–Crippen MR) is 116 cm³/mol. The Morgan fingerprint density at radius 3 is 2.52 bits per heavy atom. The number of aromatic nitrogens is 1. The number of carbonyl (C=O) groups is 1. The van der Waals surface area contributed by atoms with Crippen LogP contribution in [-0.4, -0.2) is 51.6 Å². The van der Waals surface area contributed by atoms with Crippen LogP contribution in [0.25, 0.3) is 0 Å². The van der Waals surface area contributed by atoms with Crippen LogP contribution in [0.15, 0.2) is 41.4 Å². The van der Waals surface area contributed by atoms with Crippen LogP contribution in [0.2, 0.25) is 5.02 Å². The molecule has 168 valence electrons. The highest BCUT2D eigenvalue weighted by Gasteiger charge is 2.37. The topological polar surface area (TPSA) is 106 Å². The molecule has 0 N–H and O–H groups in total. The molecule has 0 spiro atoms. The van der Waals surface area contributed by atoms with Gasteiger partial charge >= 0.3 is 0 Å². The second kappa shape index (κ2) is 8.97. The van der Waals surface area contributed by atoms with E-state index in [2.05, 4.69) is 0 Å². The number of hydrogen-bond donors (Lipinski definition) is 0. The van der Waals surface area contributed by atoms with Crippen molar-refractivity contribution in [3.63, 3.8) is 0 Å². The van der Waals surface area contributed by atoms with Crippen molar-refractivity contribution in [3.8, 4) is 0 Å². The maximum absolute atomic E-state index is 13.3. The van der Waals surface area contributed by atoms with Gasteiger partial charge in [-0.15, -0.1) is 0 Å². The summed E-state index contributed by atoms with van der Waals surface area (Å²) in [6.07, 6.45) is 3.66. The van der Waals surface area contributed by atoms with E-state index >= 15 is 0 Å². The molecule has 0 aliphatic heterocycles. The molecule has 1 aliphatic carbocycles. The van der Waals surface area contributed by atoms with Crippen LogP contribution >= 0.6 is 11.6 Å². The van der Waals surface area contributed by atoms with Crippen molar-refractivity contribution < 1.29 is 18.1 Å². The van der Waals surface area contributed by atoms with Crippen LogP contribution in [0, 0.1) is 10.1 Å². The Bertz CT molecular complexity index is 1090. The third-order valence-electron chi connectivity index (χ3n) is 5.28. The third kappa shape index (κ3) is 5.08. The lowest BCUT2D eigenvalue weighted by molar-refractivity contribution is -0.384. The van der Waals surface area contributed by atoms with E-state index in [1.165, 1.54) is 12.1 Å². The molecular weight excluding hydrogens is 444 g/mol. The number of hydrogen-bond acceptors (Lipinski definition) is 5. The Labute approximate surface area is 186 Å². The van der Waals surface area contributed by atoms with Gasteiger partial charge in [0.05, 0.1) is 22.9 Å². The number of nitro benzene ring substituents is 1. The first kappa shape index (κ1) is 23.2. The number of halogens is 1. The zero-order valence-corrected chi connectivity index (χ0v) is 19.1. The SMILES string of the molecule is CC(C)N(CC(=O)N(Cc1cccn1C)C1CC1)S(=O)(=O)c1ccc(Cl)c([N+](=O)[O-])c1. The van der Waals surface area contributed by atoms with Crippen molar-refractivity contribution in [1.29, 1.82) is 0 Å². The molecule has 0 bridgehead atoms. The molecule has 1 amide bonds. The molecule has 1 aromatic heterocycles. The number of amides is 1. The van der Waals surface area contributed by atoms with E-state index in [9.17, 15) is 23.3 Å². The zero-order chi connectivity index (χ0) is 22.9. The minimum Gasteiger partial charge on any atom is -0.353 e. The molecule has 0 atom stereocenters. The van der Waals surface area contributed by atoms with E-state index in [4.69, 9.17) is 11.6 Å². The number of rotatable bonds is 9. The van der Waals surface area contributed by atoms with Gasteiger partial charge in [0.2, 0.25) is 15.9 Å². The van der Waals surface area contributed by atoms with E-state index in [1.54, 1.807) is 18.7 Å². The van der Waals surface area contributed by atoms with Crippen molar-refractivity contribution in [2.45, 2.75) is 50.2 Å². The largest absolute Gasteiger partial charge is 0.353 e. The van der Waals surface area contributed by atoms with Gasteiger partial charge in [-0.1, -0.05) is 11.6 Å². The highest BCUT2D eigenvalue weighted by atomic mass is 35.5. The van der Waals surface area contributed by atoms with Gasteiger partial charge in [0.25, 0.3) is 5.69 Å². The summed E-state index contributed by atoms with van der Waals surface area (Å²) in [4.78, 5) is 25.1. The first-order chi connectivity index (χ1) is 14.5. The van der Waals surface area contributed by atoms with Crippen LogP contribution in [0.3, 0.4) is 0 Å². The summed E-state index contributed by atoms with van der Waals surface area (Å²) in [6, 6.07) is 6.71. The van der Waals surface area contributed by atoms with Gasteiger partial charge in [0.15, 0.2) is 0 Å². The fourth-order valence-electron chi connectivity index (χ4n) is 3.34. The highest BCUT2D eigenvalue weighted by Crippen LogP contribution is 2.31. The van der Waals surface area contributed by atoms with E-state index in [0.717, 1.165) is 28.9 Å². The van der Waals surface area contributed by atoms with Gasteiger partial charge in [-0.2, -0.15) is 4.31 Å². The summed E-state index contributed by atoms with van der Waals surface area (Å²) in [7, 11) is -2.27. The fourth-order valence-corrected chi connectivity index (χ4v) is 5.13. The normalized spacial score (nSPS) is 14.3. The average molecular weight is 469 g/mol. The van der Waals surface area contributed by atoms with Crippen molar-refractivity contribution in [2.24, 2.45) is 7.05 Å². The fraction of sp³-hybridized carbons (Fsp3) is 0.450. The summed E-state index contributed by atoms with van der Waals surface area (Å²) < 4.78 is 29.5. The van der Waals surface area contributed by atoms with Gasteiger partial charge in [0, 0.05) is 37.1 Å². The number of carbonyl (C=O) groups excluding carboxylic acids is 1. The predicted octanol–water partition coefficient (Wildman–Crippen LogP) is 3.18. The first-order valence-corrected chi connectivity index (χ1v) is 11.7. The Balaban J connectivity index is 1.87. The Morgan fingerprint density at radius 1 is 1.32 bits per heavy atom. The lowest BCUT2D eigenvalue weighted by Gasteiger charge is -2.29. The van der Waals surface area contributed by atoms with Crippen molar-refractivity contribution >= 4 is 33.2 Å². The molecule has 31 heavy (non-hydrogen) atoms. The highest BCUT2D eigenvalue weighted by molar-refractivity contribution is 7.89. The number of aryl methyl sites for hydroxylation is 1. The summed E-state index contributed by atoms with van der Waals surface area (Å²) >= 11 is 5.82. The van der Waals surface area contributed by atoms with Crippen LogP contribution in [0.5, 0.6) is 0 Å². The Hall–Kier alpha value is -2.43. The van der Waals surface area contributed by atoms with E-state index in [-0.39, 0.29) is 28.4 Å². The molecule has 1 fully saturated rings. The van der Waals surface area contributed by atoms with E-state index in [1.807, 2.05) is 29.9 Å².